The Morgan fingerprint density at radius 1 is 1.18 bits per heavy atom. The predicted octanol–water partition coefficient (Wildman–Crippen LogP) is 1.09. The van der Waals surface area contributed by atoms with Crippen molar-refractivity contribution in [2.75, 3.05) is 38.0 Å². The molecule has 3 rings (SSSR count). The Balaban J connectivity index is 1.80. The number of nitrogens with zero attached hydrogens (tertiary/aromatic N) is 1. The molecule has 148 valence electrons. The van der Waals surface area contributed by atoms with E-state index in [1.54, 1.807) is 25.2 Å². The first-order valence-electron chi connectivity index (χ1n) is 9.18. The molecule has 2 aromatic rings. The van der Waals surface area contributed by atoms with Gasteiger partial charge in [0.1, 0.15) is 13.1 Å². The van der Waals surface area contributed by atoms with E-state index in [-0.39, 0.29) is 24.4 Å². The topological polar surface area (TPSA) is 72.3 Å². The number of hydrogen-bond donors (Lipinski definition) is 2. The molecular formula is C21H26N3O4+. The minimum atomic E-state index is -0.352. The molecule has 0 saturated carbocycles. The minimum absolute atomic E-state index is 0.0238. The fourth-order valence-electron chi connectivity index (χ4n) is 3.42. The summed E-state index contributed by atoms with van der Waals surface area (Å²) < 4.78 is 10.9. The van der Waals surface area contributed by atoms with E-state index >= 15 is 0 Å². The molecule has 2 amide bonds. The van der Waals surface area contributed by atoms with Gasteiger partial charge >= 0.3 is 0 Å². The molecule has 2 N–H and O–H groups in total. The molecule has 2 atom stereocenters. The van der Waals surface area contributed by atoms with Crippen LogP contribution in [0.15, 0.2) is 42.5 Å². The quantitative estimate of drug-likeness (QED) is 0.782. The summed E-state index contributed by atoms with van der Waals surface area (Å²) in [6.07, 6.45) is 0. The number of carbonyl (C=O) groups excluding carboxylic acids is 2. The van der Waals surface area contributed by atoms with E-state index in [0.717, 1.165) is 16.2 Å². The number of anilines is 2. The Hall–Kier alpha value is -3.06. The smallest absolute Gasteiger partial charge is 0.285 e. The average Bonchev–Trinajstić information content (AvgIpc) is 2.71. The average molecular weight is 384 g/mol. The first-order chi connectivity index (χ1) is 13.5. The van der Waals surface area contributed by atoms with Gasteiger partial charge in [-0.15, -0.1) is 0 Å². The lowest BCUT2D eigenvalue weighted by Crippen LogP contribution is -3.12. The van der Waals surface area contributed by atoms with Crippen LogP contribution in [0.25, 0.3) is 0 Å². The van der Waals surface area contributed by atoms with Crippen LogP contribution in [0.5, 0.6) is 11.5 Å². The van der Waals surface area contributed by atoms with Crippen LogP contribution >= 0.6 is 0 Å². The fourth-order valence-corrected chi connectivity index (χ4v) is 3.42. The maximum atomic E-state index is 13.2. The second kappa shape index (κ2) is 8.31. The van der Waals surface area contributed by atoms with Crippen molar-refractivity contribution < 1.29 is 24.0 Å². The monoisotopic (exact) mass is 384 g/mol. The van der Waals surface area contributed by atoms with E-state index in [4.69, 9.17) is 9.47 Å². The first-order valence-corrected chi connectivity index (χ1v) is 9.18. The van der Waals surface area contributed by atoms with Crippen molar-refractivity contribution in [3.05, 3.63) is 48.0 Å². The Labute approximate surface area is 164 Å². The van der Waals surface area contributed by atoms with Gasteiger partial charge < -0.3 is 19.7 Å². The van der Waals surface area contributed by atoms with Gasteiger partial charge in [-0.25, -0.2) is 0 Å². The molecule has 0 bridgehead atoms. The summed E-state index contributed by atoms with van der Waals surface area (Å²) in [5.41, 5.74) is 2.34. The molecule has 1 unspecified atom stereocenters. The maximum Gasteiger partial charge on any atom is 0.285 e. The number of benzene rings is 2. The van der Waals surface area contributed by atoms with E-state index < -0.39 is 0 Å². The Morgan fingerprint density at radius 3 is 2.64 bits per heavy atom. The number of nitrogens with one attached hydrogen (secondary N) is 2. The number of hydrogen-bond acceptors (Lipinski definition) is 4. The molecule has 28 heavy (non-hydrogen) atoms. The molecule has 0 aliphatic carbocycles. The van der Waals surface area contributed by atoms with E-state index in [2.05, 4.69) is 5.32 Å². The third-order valence-corrected chi connectivity index (χ3v) is 5.10. The van der Waals surface area contributed by atoms with Crippen molar-refractivity contribution in [2.45, 2.75) is 19.5 Å². The third-order valence-electron chi connectivity index (χ3n) is 5.10. The summed E-state index contributed by atoms with van der Waals surface area (Å²) in [7, 11) is 5.16. The molecule has 7 heteroatoms. The normalized spacial score (nSPS) is 15.3. The summed E-state index contributed by atoms with van der Waals surface area (Å²) in [4.78, 5) is 27.8. The van der Waals surface area contributed by atoms with Gasteiger partial charge in [-0.1, -0.05) is 18.2 Å². The minimum Gasteiger partial charge on any atom is -0.493 e. The summed E-state index contributed by atoms with van der Waals surface area (Å²) in [6.45, 7) is 2.48. The predicted molar refractivity (Wildman–Crippen MR) is 107 cm³/mol. The summed E-state index contributed by atoms with van der Waals surface area (Å²) in [5.74, 6) is 1.05. The van der Waals surface area contributed by atoms with Crippen molar-refractivity contribution in [1.29, 1.82) is 0 Å². The van der Waals surface area contributed by atoms with Crippen LogP contribution in [-0.2, 0) is 16.1 Å². The molecule has 2 aromatic carbocycles. The van der Waals surface area contributed by atoms with Crippen LogP contribution in [0.1, 0.15) is 12.5 Å². The second-order valence-corrected chi connectivity index (χ2v) is 6.89. The molecule has 1 aliphatic rings. The van der Waals surface area contributed by atoms with Crippen molar-refractivity contribution >= 4 is 23.2 Å². The van der Waals surface area contributed by atoms with Crippen LogP contribution in [0, 0.1) is 0 Å². The van der Waals surface area contributed by atoms with Gasteiger partial charge in [0, 0.05) is 0 Å². The molecule has 0 fully saturated rings. The lowest BCUT2D eigenvalue weighted by molar-refractivity contribution is -0.908. The Kier molecular flexibility index (Phi) is 5.84. The number of methoxy groups -OCH3 is 2. The van der Waals surface area contributed by atoms with Gasteiger partial charge in [-0.05, 0) is 31.2 Å². The molecule has 0 aromatic heterocycles. The number of carbonyl (C=O) groups is 2. The van der Waals surface area contributed by atoms with Gasteiger partial charge in [0.15, 0.2) is 17.5 Å². The van der Waals surface area contributed by atoms with Crippen LogP contribution in [0.2, 0.25) is 0 Å². The zero-order valence-corrected chi connectivity index (χ0v) is 16.6. The largest absolute Gasteiger partial charge is 0.493 e. The zero-order chi connectivity index (χ0) is 20.3. The van der Waals surface area contributed by atoms with E-state index in [9.17, 15) is 9.59 Å². The van der Waals surface area contributed by atoms with Crippen LogP contribution in [0.3, 0.4) is 0 Å². The number of fused-ring (bicyclic) bond motifs is 1. The lowest BCUT2D eigenvalue weighted by atomic mass is 10.1. The van der Waals surface area contributed by atoms with Crippen LogP contribution in [-0.4, -0.2) is 45.7 Å². The van der Waals surface area contributed by atoms with Crippen molar-refractivity contribution in [3.8, 4) is 11.5 Å². The summed E-state index contributed by atoms with van der Waals surface area (Å²) in [6, 6.07) is 12.7. The molecule has 1 heterocycles. The molecule has 0 spiro atoms. The molecule has 0 saturated heterocycles. The number of ether oxygens (including phenoxy) is 2. The standard InChI is InChI=1S/C21H25N3O4/c1-14(23(2)12-15-8-7-11-18(27-3)20(15)28-4)21(26)24-13-19(25)22-16-9-5-6-10-17(16)24/h5-11,14H,12-13H2,1-4H3,(H,22,25)/p+1/t14-/m0/s1. The van der Waals surface area contributed by atoms with Crippen molar-refractivity contribution in [1.82, 2.24) is 0 Å². The van der Waals surface area contributed by atoms with Crippen molar-refractivity contribution in [2.24, 2.45) is 0 Å². The Morgan fingerprint density at radius 2 is 1.93 bits per heavy atom. The second-order valence-electron chi connectivity index (χ2n) is 6.89. The van der Waals surface area contributed by atoms with Gasteiger partial charge in [-0.3, -0.25) is 14.5 Å². The lowest BCUT2D eigenvalue weighted by Gasteiger charge is -2.32. The van der Waals surface area contributed by atoms with Crippen LogP contribution in [0.4, 0.5) is 11.4 Å². The highest BCUT2D eigenvalue weighted by Gasteiger charge is 2.33. The van der Waals surface area contributed by atoms with Gasteiger partial charge in [0.05, 0.1) is 38.2 Å². The van der Waals surface area contributed by atoms with E-state index in [1.807, 2.05) is 50.4 Å². The van der Waals surface area contributed by atoms with Crippen LogP contribution < -0.4 is 24.6 Å². The zero-order valence-electron chi connectivity index (χ0n) is 16.6. The highest BCUT2D eigenvalue weighted by Crippen LogP contribution is 2.31. The maximum absolute atomic E-state index is 13.2. The van der Waals surface area contributed by atoms with Gasteiger partial charge in [0.2, 0.25) is 5.91 Å². The highest BCUT2D eigenvalue weighted by atomic mass is 16.5. The summed E-state index contributed by atoms with van der Waals surface area (Å²) in [5, 5.41) is 2.81. The number of quaternary nitrogens is 1. The third kappa shape index (κ3) is 3.80. The molecule has 7 nitrogen and oxygen atoms in total. The van der Waals surface area contributed by atoms with E-state index in [0.29, 0.717) is 23.7 Å². The van der Waals surface area contributed by atoms with E-state index in [1.165, 1.54) is 0 Å². The molecule has 0 radical (unpaired) electrons. The Bertz CT molecular complexity index is 884. The fraction of sp³-hybridized carbons (Fsp3) is 0.333. The first kappa shape index (κ1) is 19.7. The number of rotatable bonds is 6. The van der Waals surface area contributed by atoms with Gasteiger partial charge in [0.25, 0.3) is 5.91 Å². The number of likely N-dealkylation sites (N-methyl/N-ethyl adjacent to an activating group) is 1. The number of para-hydroxylation sites is 3. The highest BCUT2D eigenvalue weighted by molar-refractivity contribution is 6.10. The molecule has 1 aliphatic heterocycles. The molecular weight excluding hydrogens is 358 g/mol. The van der Waals surface area contributed by atoms with Crippen molar-refractivity contribution in [3.63, 3.8) is 0 Å². The summed E-state index contributed by atoms with van der Waals surface area (Å²) >= 11 is 0. The SMILES string of the molecule is COc1cccc(C[NH+](C)[C@@H](C)C(=O)N2CC(=O)Nc3ccccc32)c1OC. The van der Waals surface area contributed by atoms with Gasteiger partial charge in [-0.2, -0.15) is 0 Å². The number of amides is 2.